The lowest BCUT2D eigenvalue weighted by molar-refractivity contribution is 0.0692. The second kappa shape index (κ2) is 6.11. The first kappa shape index (κ1) is 15.9. The zero-order valence-electron chi connectivity index (χ0n) is 12.5. The minimum absolute atomic E-state index is 0.113. The van der Waals surface area contributed by atoms with Crippen molar-refractivity contribution in [3.8, 4) is 0 Å². The number of carbonyl (C=O) groups is 2. The Bertz CT molecular complexity index is 536. The van der Waals surface area contributed by atoms with Crippen LogP contribution in [0.1, 0.15) is 53.9 Å². The van der Waals surface area contributed by atoms with Crippen molar-refractivity contribution in [2.45, 2.75) is 45.3 Å². The predicted molar refractivity (Wildman–Crippen MR) is 80.5 cm³/mol. The molecule has 0 bridgehead atoms. The highest BCUT2D eigenvalue weighted by molar-refractivity contribution is 7.11. The van der Waals surface area contributed by atoms with Gasteiger partial charge in [0, 0.05) is 24.5 Å². The molecular weight excluding hydrogens is 290 g/mol. The number of rotatable bonds is 4. The Balaban J connectivity index is 2.01. The maximum atomic E-state index is 12.3. The summed E-state index contributed by atoms with van der Waals surface area (Å²) in [6.45, 7) is 6.13. The van der Waals surface area contributed by atoms with Crippen LogP contribution in [0.2, 0.25) is 0 Å². The molecule has 1 aliphatic rings. The highest BCUT2D eigenvalue weighted by atomic mass is 32.1. The second-order valence-corrected chi connectivity index (χ2v) is 6.88. The molecule has 116 valence electrons. The summed E-state index contributed by atoms with van der Waals surface area (Å²) in [4.78, 5) is 30.1. The van der Waals surface area contributed by atoms with Crippen LogP contribution in [-0.4, -0.2) is 51.5 Å². The van der Waals surface area contributed by atoms with Crippen LogP contribution >= 0.6 is 11.3 Å². The molecular formula is C14H21N3O3S. The van der Waals surface area contributed by atoms with E-state index in [1.54, 1.807) is 24.1 Å². The molecule has 0 saturated carbocycles. The maximum Gasteiger partial charge on any atom is 0.280 e. The molecule has 2 rings (SSSR count). The van der Waals surface area contributed by atoms with E-state index in [9.17, 15) is 14.7 Å². The molecule has 0 radical (unpaired) electrons. The summed E-state index contributed by atoms with van der Waals surface area (Å²) in [5, 5.41) is 14.1. The average molecular weight is 311 g/mol. The second-order valence-electron chi connectivity index (χ2n) is 6.02. The Morgan fingerprint density at radius 3 is 2.86 bits per heavy atom. The first-order valence-corrected chi connectivity index (χ1v) is 7.93. The van der Waals surface area contributed by atoms with Crippen LogP contribution in [0.3, 0.4) is 0 Å². The van der Waals surface area contributed by atoms with E-state index < -0.39 is 5.60 Å². The van der Waals surface area contributed by atoms with E-state index >= 15 is 0 Å². The molecule has 0 aromatic carbocycles. The van der Waals surface area contributed by atoms with Crippen LogP contribution in [0.15, 0.2) is 5.38 Å². The number of aliphatic hydroxyl groups is 1. The van der Waals surface area contributed by atoms with Gasteiger partial charge >= 0.3 is 0 Å². The summed E-state index contributed by atoms with van der Waals surface area (Å²) in [6.07, 6.45) is 2.02. The summed E-state index contributed by atoms with van der Waals surface area (Å²) >= 11 is 1.14. The van der Waals surface area contributed by atoms with Gasteiger partial charge in [0.05, 0.1) is 5.60 Å². The van der Waals surface area contributed by atoms with Crippen molar-refractivity contribution in [1.82, 2.24) is 15.2 Å². The summed E-state index contributed by atoms with van der Waals surface area (Å²) in [6, 6.07) is 0.228. The van der Waals surface area contributed by atoms with E-state index in [1.807, 2.05) is 6.92 Å². The molecule has 1 fully saturated rings. The van der Waals surface area contributed by atoms with E-state index in [0.29, 0.717) is 5.69 Å². The largest absolute Gasteiger partial charge is 0.389 e. The predicted octanol–water partition coefficient (Wildman–Crippen LogP) is 1.27. The Labute approximate surface area is 128 Å². The Hall–Kier alpha value is -1.47. The quantitative estimate of drug-likeness (QED) is 0.877. The molecule has 0 unspecified atom stereocenters. The van der Waals surface area contributed by atoms with Crippen molar-refractivity contribution >= 4 is 23.2 Å². The summed E-state index contributed by atoms with van der Waals surface area (Å²) in [7, 11) is 0. The van der Waals surface area contributed by atoms with Crippen molar-refractivity contribution in [2.75, 3.05) is 13.1 Å². The molecule has 7 heteroatoms. The van der Waals surface area contributed by atoms with E-state index in [-0.39, 0.29) is 29.4 Å². The molecule has 1 aromatic rings. The number of nitrogens with one attached hydrogen (secondary N) is 1. The van der Waals surface area contributed by atoms with Gasteiger partial charge in [-0.25, -0.2) is 4.98 Å². The SMILES string of the molecule is C[C@@H]1CCCN1C(=O)c1csc(C(=O)NCC(C)(C)O)n1. The van der Waals surface area contributed by atoms with Crippen LogP contribution < -0.4 is 5.32 Å². The van der Waals surface area contributed by atoms with Crippen molar-refractivity contribution in [3.05, 3.63) is 16.1 Å². The molecule has 2 amide bonds. The van der Waals surface area contributed by atoms with Gasteiger partial charge in [-0.3, -0.25) is 9.59 Å². The normalized spacial score (nSPS) is 18.9. The van der Waals surface area contributed by atoms with Crippen LogP contribution in [-0.2, 0) is 0 Å². The zero-order chi connectivity index (χ0) is 15.6. The zero-order valence-corrected chi connectivity index (χ0v) is 13.4. The lowest BCUT2D eigenvalue weighted by Crippen LogP contribution is -2.38. The van der Waals surface area contributed by atoms with Gasteiger partial charge in [-0.05, 0) is 33.6 Å². The fourth-order valence-corrected chi connectivity index (χ4v) is 2.94. The maximum absolute atomic E-state index is 12.3. The number of amides is 2. The molecule has 21 heavy (non-hydrogen) atoms. The van der Waals surface area contributed by atoms with E-state index in [1.165, 1.54) is 0 Å². The smallest absolute Gasteiger partial charge is 0.280 e. The van der Waals surface area contributed by atoms with Crippen LogP contribution in [0.4, 0.5) is 0 Å². The van der Waals surface area contributed by atoms with Gasteiger partial charge in [-0.2, -0.15) is 0 Å². The van der Waals surface area contributed by atoms with E-state index in [0.717, 1.165) is 30.7 Å². The molecule has 1 saturated heterocycles. The molecule has 1 aromatic heterocycles. The Morgan fingerprint density at radius 1 is 1.57 bits per heavy atom. The third-order valence-corrected chi connectivity index (χ3v) is 4.25. The minimum atomic E-state index is -0.976. The van der Waals surface area contributed by atoms with E-state index in [4.69, 9.17) is 0 Å². The van der Waals surface area contributed by atoms with Crippen LogP contribution in [0.5, 0.6) is 0 Å². The number of hydrogen-bond donors (Lipinski definition) is 2. The lowest BCUT2D eigenvalue weighted by Gasteiger charge is -2.20. The van der Waals surface area contributed by atoms with Gasteiger partial charge in [-0.15, -0.1) is 11.3 Å². The van der Waals surface area contributed by atoms with E-state index in [2.05, 4.69) is 10.3 Å². The van der Waals surface area contributed by atoms with Gasteiger partial charge in [0.1, 0.15) is 5.69 Å². The molecule has 0 aliphatic carbocycles. The fraction of sp³-hybridized carbons (Fsp3) is 0.643. The number of aromatic nitrogens is 1. The van der Waals surface area contributed by atoms with Crippen molar-refractivity contribution < 1.29 is 14.7 Å². The fourth-order valence-electron chi connectivity index (χ4n) is 2.23. The van der Waals surface area contributed by atoms with Crippen LogP contribution in [0, 0.1) is 0 Å². The summed E-state index contributed by atoms with van der Waals surface area (Å²) in [5.74, 6) is -0.478. The standard InChI is InChI=1S/C14H21N3O3S/c1-9-5-4-6-17(9)13(19)10-7-21-12(16-10)11(18)15-8-14(2,3)20/h7,9,20H,4-6,8H2,1-3H3,(H,15,18)/t9-/m1/s1. The molecule has 6 nitrogen and oxygen atoms in total. The molecule has 1 aliphatic heterocycles. The third-order valence-electron chi connectivity index (χ3n) is 3.41. The number of likely N-dealkylation sites (tertiary alicyclic amines) is 1. The summed E-state index contributed by atoms with van der Waals surface area (Å²) in [5.41, 5.74) is -0.654. The van der Waals surface area contributed by atoms with Crippen molar-refractivity contribution in [2.24, 2.45) is 0 Å². The molecule has 0 spiro atoms. The van der Waals surface area contributed by atoms with Crippen molar-refractivity contribution in [1.29, 1.82) is 0 Å². The number of hydrogen-bond acceptors (Lipinski definition) is 5. The minimum Gasteiger partial charge on any atom is -0.389 e. The lowest BCUT2D eigenvalue weighted by atomic mass is 10.1. The Kier molecular flexibility index (Phi) is 4.63. The first-order valence-electron chi connectivity index (χ1n) is 7.05. The monoisotopic (exact) mass is 311 g/mol. The van der Waals surface area contributed by atoms with Gasteiger partial charge in [0.15, 0.2) is 5.01 Å². The highest BCUT2D eigenvalue weighted by Gasteiger charge is 2.28. The molecule has 1 atom stereocenters. The number of nitrogens with zero attached hydrogens (tertiary/aromatic N) is 2. The van der Waals surface area contributed by atoms with Gasteiger partial charge in [0.2, 0.25) is 0 Å². The molecule has 2 heterocycles. The highest BCUT2D eigenvalue weighted by Crippen LogP contribution is 2.20. The van der Waals surface area contributed by atoms with Gasteiger partial charge in [-0.1, -0.05) is 0 Å². The third kappa shape index (κ3) is 4.01. The van der Waals surface area contributed by atoms with Crippen molar-refractivity contribution in [3.63, 3.8) is 0 Å². The average Bonchev–Trinajstić information content (AvgIpc) is 3.03. The topological polar surface area (TPSA) is 82.5 Å². The number of thiazole rings is 1. The molecule has 2 N–H and O–H groups in total. The Morgan fingerprint density at radius 2 is 2.29 bits per heavy atom. The van der Waals surface area contributed by atoms with Crippen LogP contribution in [0.25, 0.3) is 0 Å². The summed E-state index contributed by atoms with van der Waals surface area (Å²) < 4.78 is 0. The van der Waals surface area contributed by atoms with Gasteiger partial charge < -0.3 is 15.3 Å². The number of carbonyl (C=O) groups excluding carboxylic acids is 2. The first-order chi connectivity index (χ1) is 9.78. The van der Waals surface area contributed by atoms with Gasteiger partial charge in [0.25, 0.3) is 11.8 Å².